The van der Waals surface area contributed by atoms with E-state index in [-0.39, 0.29) is 12.0 Å². The molecule has 3 heteroatoms. The van der Waals surface area contributed by atoms with Crippen LogP contribution in [0.5, 0.6) is 5.75 Å². The molecule has 0 bridgehead atoms. The Morgan fingerprint density at radius 3 is 2.61 bits per heavy atom. The summed E-state index contributed by atoms with van der Waals surface area (Å²) in [4.78, 5) is 14.7. The van der Waals surface area contributed by atoms with Crippen LogP contribution in [0.3, 0.4) is 0 Å². The normalized spacial score (nSPS) is 17.6. The number of aryl methyl sites for hydroxylation is 2. The van der Waals surface area contributed by atoms with E-state index in [1.165, 1.54) is 11.1 Å². The molecule has 0 saturated heterocycles. The van der Waals surface area contributed by atoms with Crippen molar-refractivity contribution in [3.8, 4) is 5.75 Å². The second-order valence-electron chi connectivity index (χ2n) is 6.45. The molecule has 0 spiro atoms. The van der Waals surface area contributed by atoms with E-state index in [4.69, 9.17) is 4.74 Å². The van der Waals surface area contributed by atoms with Gasteiger partial charge >= 0.3 is 5.97 Å². The summed E-state index contributed by atoms with van der Waals surface area (Å²) in [5.41, 5.74) is 4.80. The molecule has 2 aromatic rings. The third-order valence-electron chi connectivity index (χ3n) is 4.47. The minimum atomic E-state index is -0.177. The molecule has 23 heavy (non-hydrogen) atoms. The quantitative estimate of drug-likeness (QED) is 0.637. The van der Waals surface area contributed by atoms with Crippen molar-refractivity contribution in [3.05, 3.63) is 64.7 Å². The molecule has 1 aliphatic rings. The molecule has 1 aliphatic heterocycles. The average Bonchev–Trinajstić information content (AvgIpc) is 2.49. The number of carbonyl (C=O) groups excluding carboxylic acids is 1. The number of benzene rings is 2. The lowest BCUT2D eigenvalue weighted by atomic mass is 9.91. The predicted octanol–water partition coefficient (Wildman–Crippen LogP) is 3.83. The monoisotopic (exact) mass is 309 g/mol. The van der Waals surface area contributed by atoms with Crippen LogP contribution in [-0.2, 0) is 11.2 Å². The Kier molecular flexibility index (Phi) is 4.49. The third-order valence-corrected chi connectivity index (χ3v) is 4.47. The summed E-state index contributed by atoms with van der Waals surface area (Å²) in [6, 6.07) is 14.4. The first kappa shape index (κ1) is 15.8. The van der Waals surface area contributed by atoms with E-state index in [1.807, 2.05) is 32.0 Å². The van der Waals surface area contributed by atoms with Gasteiger partial charge in [0, 0.05) is 12.6 Å². The summed E-state index contributed by atoms with van der Waals surface area (Å²) in [6.45, 7) is 4.99. The molecule has 0 aliphatic carbocycles. The van der Waals surface area contributed by atoms with E-state index in [2.05, 4.69) is 36.2 Å². The highest BCUT2D eigenvalue weighted by Gasteiger charge is 2.27. The lowest BCUT2D eigenvalue weighted by Gasteiger charge is -2.34. The Labute approximate surface area is 137 Å². The van der Waals surface area contributed by atoms with Gasteiger partial charge in [-0.2, -0.15) is 0 Å². The number of esters is 1. The molecule has 1 atom stereocenters. The second kappa shape index (κ2) is 6.55. The molecular formula is C20H23NO2. The van der Waals surface area contributed by atoms with Gasteiger partial charge < -0.3 is 4.74 Å². The Balaban J connectivity index is 1.75. The summed E-state index contributed by atoms with van der Waals surface area (Å²) >= 11 is 0. The number of carbonyl (C=O) groups is 1. The Morgan fingerprint density at radius 2 is 1.87 bits per heavy atom. The summed E-state index contributed by atoms with van der Waals surface area (Å²) in [5, 5.41) is 0. The largest absolute Gasteiger partial charge is 0.426 e. The van der Waals surface area contributed by atoms with Gasteiger partial charge in [-0.3, -0.25) is 9.69 Å². The fraction of sp³-hybridized carbons (Fsp3) is 0.350. The van der Waals surface area contributed by atoms with E-state index in [0.717, 1.165) is 24.1 Å². The Morgan fingerprint density at radius 1 is 1.17 bits per heavy atom. The Bertz CT molecular complexity index is 703. The zero-order valence-electron chi connectivity index (χ0n) is 14.0. The number of hydrogen-bond donors (Lipinski definition) is 0. The fourth-order valence-corrected chi connectivity index (χ4v) is 3.37. The van der Waals surface area contributed by atoms with E-state index in [1.54, 1.807) is 0 Å². The van der Waals surface area contributed by atoms with E-state index in [0.29, 0.717) is 12.2 Å². The third kappa shape index (κ3) is 3.62. The van der Waals surface area contributed by atoms with Crippen molar-refractivity contribution < 1.29 is 9.53 Å². The topological polar surface area (TPSA) is 29.5 Å². The maximum absolute atomic E-state index is 12.4. The van der Waals surface area contributed by atoms with Crippen LogP contribution in [0.2, 0.25) is 0 Å². The molecule has 0 amide bonds. The second-order valence-corrected chi connectivity index (χ2v) is 6.45. The van der Waals surface area contributed by atoms with Gasteiger partial charge in [-0.1, -0.05) is 30.3 Å². The maximum Gasteiger partial charge on any atom is 0.313 e. The van der Waals surface area contributed by atoms with Crippen molar-refractivity contribution in [1.82, 2.24) is 4.90 Å². The first-order valence-corrected chi connectivity index (χ1v) is 8.10. The highest BCUT2D eigenvalue weighted by atomic mass is 16.5. The van der Waals surface area contributed by atoms with Gasteiger partial charge in [0.25, 0.3) is 0 Å². The van der Waals surface area contributed by atoms with E-state index in [9.17, 15) is 4.79 Å². The first-order chi connectivity index (χ1) is 11.0. The summed E-state index contributed by atoms with van der Waals surface area (Å²) in [6.07, 6.45) is 1.41. The van der Waals surface area contributed by atoms with Crippen LogP contribution >= 0.6 is 0 Å². The van der Waals surface area contributed by atoms with Crippen LogP contribution in [0.4, 0.5) is 0 Å². The van der Waals surface area contributed by atoms with E-state index >= 15 is 0 Å². The molecule has 0 aromatic heterocycles. The number of likely N-dealkylation sites (N-methyl/N-ethyl adjacent to an activating group) is 1. The number of hydrogen-bond acceptors (Lipinski definition) is 3. The first-order valence-electron chi connectivity index (χ1n) is 8.10. The van der Waals surface area contributed by atoms with Gasteiger partial charge in [0.2, 0.25) is 0 Å². The molecule has 2 aromatic carbocycles. The molecule has 0 N–H and O–H groups in total. The molecular weight excluding hydrogens is 286 g/mol. The zero-order valence-corrected chi connectivity index (χ0v) is 14.0. The zero-order chi connectivity index (χ0) is 16.4. The van der Waals surface area contributed by atoms with Gasteiger partial charge in [-0.05, 0) is 61.7 Å². The maximum atomic E-state index is 12.4. The standard InChI is InChI=1S/C20H23NO2/c1-14-10-15(2)12-17(11-14)23-20(22)13-19-18-7-5-4-6-16(18)8-9-21(19)3/h4-7,10-12,19H,8-9,13H2,1-3H3. The summed E-state index contributed by atoms with van der Waals surface area (Å²) in [7, 11) is 2.07. The molecule has 3 rings (SSSR count). The lowest BCUT2D eigenvalue weighted by Crippen LogP contribution is -2.34. The average molecular weight is 309 g/mol. The van der Waals surface area contributed by atoms with Crippen LogP contribution in [-0.4, -0.2) is 24.5 Å². The molecule has 0 saturated carbocycles. The van der Waals surface area contributed by atoms with Gasteiger partial charge in [-0.25, -0.2) is 0 Å². The molecule has 0 radical (unpaired) electrons. The van der Waals surface area contributed by atoms with Crippen LogP contribution in [0.15, 0.2) is 42.5 Å². The van der Waals surface area contributed by atoms with Crippen molar-refractivity contribution in [2.24, 2.45) is 0 Å². The van der Waals surface area contributed by atoms with Crippen LogP contribution in [0.25, 0.3) is 0 Å². The van der Waals surface area contributed by atoms with Gasteiger partial charge in [0.15, 0.2) is 0 Å². The molecule has 1 unspecified atom stereocenters. The lowest BCUT2D eigenvalue weighted by molar-refractivity contribution is -0.135. The van der Waals surface area contributed by atoms with Crippen LogP contribution in [0.1, 0.15) is 34.7 Å². The van der Waals surface area contributed by atoms with E-state index < -0.39 is 0 Å². The summed E-state index contributed by atoms with van der Waals surface area (Å²) < 4.78 is 5.58. The highest BCUT2D eigenvalue weighted by Crippen LogP contribution is 2.31. The number of fused-ring (bicyclic) bond motifs is 1. The smallest absolute Gasteiger partial charge is 0.313 e. The minimum absolute atomic E-state index is 0.0957. The Hall–Kier alpha value is -2.13. The predicted molar refractivity (Wildman–Crippen MR) is 91.7 cm³/mol. The molecule has 120 valence electrons. The van der Waals surface area contributed by atoms with Crippen molar-refractivity contribution in [3.63, 3.8) is 0 Å². The van der Waals surface area contributed by atoms with Crippen molar-refractivity contribution in [2.45, 2.75) is 32.7 Å². The number of nitrogens with zero attached hydrogens (tertiary/aromatic N) is 1. The van der Waals surface area contributed by atoms with Gasteiger partial charge in [0.1, 0.15) is 5.75 Å². The van der Waals surface area contributed by atoms with Crippen LogP contribution in [0, 0.1) is 13.8 Å². The van der Waals surface area contributed by atoms with Crippen molar-refractivity contribution in [1.29, 1.82) is 0 Å². The number of ether oxygens (including phenoxy) is 1. The molecule has 0 fully saturated rings. The highest BCUT2D eigenvalue weighted by molar-refractivity contribution is 5.73. The van der Waals surface area contributed by atoms with Gasteiger partial charge in [0.05, 0.1) is 6.42 Å². The van der Waals surface area contributed by atoms with Gasteiger partial charge in [-0.15, -0.1) is 0 Å². The summed E-state index contributed by atoms with van der Waals surface area (Å²) in [5.74, 6) is 0.461. The fourth-order valence-electron chi connectivity index (χ4n) is 3.37. The minimum Gasteiger partial charge on any atom is -0.426 e. The van der Waals surface area contributed by atoms with Crippen molar-refractivity contribution >= 4 is 5.97 Å². The SMILES string of the molecule is Cc1cc(C)cc(OC(=O)CC2c3ccccc3CCN2C)c1. The van der Waals surface area contributed by atoms with Crippen molar-refractivity contribution in [2.75, 3.05) is 13.6 Å². The number of rotatable bonds is 3. The molecule has 3 nitrogen and oxygen atoms in total. The van der Waals surface area contributed by atoms with Crippen LogP contribution < -0.4 is 4.74 Å². The molecule has 1 heterocycles.